The van der Waals surface area contributed by atoms with Crippen molar-refractivity contribution in [2.75, 3.05) is 6.79 Å². The van der Waals surface area contributed by atoms with Crippen LogP contribution in [0.3, 0.4) is 0 Å². The zero-order valence-electron chi connectivity index (χ0n) is 10.4. The summed E-state index contributed by atoms with van der Waals surface area (Å²) in [4.78, 5) is 23.9. The van der Waals surface area contributed by atoms with Gasteiger partial charge in [0, 0.05) is 6.42 Å². The first-order chi connectivity index (χ1) is 8.69. The van der Waals surface area contributed by atoms with Crippen molar-refractivity contribution >= 4 is 11.9 Å². The van der Waals surface area contributed by atoms with Gasteiger partial charge in [-0.15, -0.1) is 0 Å². The van der Waals surface area contributed by atoms with E-state index >= 15 is 0 Å². The number of carbonyl (C=O) groups excluding carboxylic acids is 2. The summed E-state index contributed by atoms with van der Waals surface area (Å²) in [6, 6.07) is 0. The molecule has 4 nitrogen and oxygen atoms in total. The van der Waals surface area contributed by atoms with Crippen LogP contribution in [0, 0.1) is 22.7 Å². The summed E-state index contributed by atoms with van der Waals surface area (Å²) < 4.78 is 10.1. The van der Waals surface area contributed by atoms with E-state index in [0.29, 0.717) is 18.3 Å². The van der Waals surface area contributed by atoms with Crippen LogP contribution in [0.2, 0.25) is 0 Å². The lowest BCUT2D eigenvalue weighted by Crippen LogP contribution is -2.44. The van der Waals surface area contributed by atoms with Gasteiger partial charge in [0.25, 0.3) is 0 Å². The first-order valence-electron chi connectivity index (χ1n) is 7.02. The van der Waals surface area contributed by atoms with E-state index in [4.69, 9.17) is 9.47 Å². The minimum absolute atomic E-state index is 0.0780. The fourth-order valence-corrected chi connectivity index (χ4v) is 5.28. The van der Waals surface area contributed by atoms with E-state index in [9.17, 15) is 9.59 Å². The molecule has 1 aliphatic heterocycles. The first kappa shape index (κ1) is 10.8. The molecule has 18 heavy (non-hydrogen) atoms. The largest absolute Gasteiger partial charge is 0.428 e. The van der Waals surface area contributed by atoms with Crippen molar-refractivity contribution in [2.24, 2.45) is 22.7 Å². The Kier molecular flexibility index (Phi) is 1.97. The third-order valence-electron chi connectivity index (χ3n) is 6.11. The second-order valence-electron chi connectivity index (χ2n) is 6.42. The van der Waals surface area contributed by atoms with Crippen molar-refractivity contribution in [1.29, 1.82) is 0 Å². The van der Waals surface area contributed by atoms with Gasteiger partial charge in [-0.1, -0.05) is 0 Å². The number of carbonyl (C=O) groups is 2. The van der Waals surface area contributed by atoms with Crippen LogP contribution in [-0.4, -0.2) is 18.7 Å². The van der Waals surface area contributed by atoms with Crippen LogP contribution in [0.4, 0.5) is 0 Å². The number of cyclic esters (lactones) is 2. The monoisotopic (exact) mass is 250 g/mol. The van der Waals surface area contributed by atoms with Gasteiger partial charge in [-0.05, 0) is 55.8 Å². The van der Waals surface area contributed by atoms with Crippen molar-refractivity contribution in [2.45, 2.75) is 44.9 Å². The van der Waals surface area contributed by atoms with Gasteiger partial charge in [-0.3, -0.25) is 9.59 Å². The van der Waals surface area contributed by atoms with E-state index in [1.807, 2.05) is 0 Å². The van der Waals surface area contributed by atoms with E-state index in [1.54, 1.807) is 0 Å². The van der Waals surface area contributed by atoms with Gasteiger partial charge in [0.05, 0.1) is 5.41 Å². The van der Waals surface area contributed by atoms with Crippen LogP contribution < -0.4 is 0 Å². The van der Waals surface area contributed by atoms with Crippen molar-refractivity contribution in [3.05, 3.63) is 0 Å². The van der Waals surface area contributed by atoms with Crippen molar-refractivity contribution < 1.29 is 19.1 Å². The lowest BCUT2D eigenvalue weighted by atomic mass is 9.57. The molecule has 4 aliphatic carbocycles. The Labute approximate surface area is 106 Å². The maximum absolute atomic E-state index is 12.4. The topological polar surface area (TPSA) is 52.6 Å². The molecule has 0 aromatic heterocycles. The van der Waals surface area contributed by atoms with Crippen LogP contribution in [0.15, 0.2) is 0 Å². The molecule has 0 radical (unpaired) electrons. The normalized spacial score (nSPS) is 50.0. The summed E-state index contributed by atoms with van der Waals surface area (Å²) in [5.41, 5.74) is -0.170. The van der Waals surface area contributed by atoms with Crippen LogP contribution in [0.25, 0.3) is 0 Å². The Bertz CT molecular complexity index is 424. The molecule has 2 bridgehead atoms. The van der Waals surface area contributed by atoms with Crippen LogP contribution in [0.1, 0.15) is 44.9 Å². The summed E-state index contributed by atoms with van der Waals surface area (Å²) >= 11 is 0. The quantitative estimate of drug-likeness (QED) is 0.617. The third kappa shape index (κ3) is 1.08. The zero-order valence-corrected chi connectivity index (χ0v) is 10.4. The van der Waals surface area contributed by atoms with Crippen molar-refractivity contribution in [1.82, 2.24) is 0 Å². The number of hydrogen-bond acceptors (Lipinski definition) is 4. The van der Waals surface area contributed by atoms with E-state index < -0.39 is 0 Å². The summed E-state index contributed by atoms with van der Waals surface area (Å²) in [7, 11) is 0. The maximum Gasteiger partial charge on any atom is 0.315 e. The number of ether oxygens (including phenoxy) is 2. The highest BCUT2D eigenvalue weighted by molar-refractivity contribution is 5.84. The Morgan fingerprint density at radius 2 is 1.72 bits per heavy atom. The highest BCUT2D eigenvalue weighted by Gasteiger charge is 2.80. The minimum atomic E-state index is -0.248. The molecule has 0 N–H and O–H groups in total. The SMILES string of the molecule is O=C1CC[C@]23C[C@]2(C(=O)OCO1)[C@H]1CC[C@H]3CC1. The van der Waals surface area contributed by atoms with E-state index in [1.165, 1.54) is 12.8 Å². The molecular formula is C14H18O4. The highest BCUT2D eigenvalue weighted by Crippen LogP contribution is 2.81. The highest BCUT2D eigenvalue weighted by atomic mass is 16.7. The molecule has 4 saturated carbocycles. The molecule has 2 atom stereocenters. The molecule has 0 unspecified atom stereocenters. The minimum Gasteiger partial charge on any atom is -0.428 e. The van der Waals surface area contributed by atoms with Crippen LogP contribution in [0.5, 0.6) is 0 Å². The second kappa shape index (κ2) is 3.28. The molecule has 0 aromatic carbocycles. The predicted octanol–water partition coefficient (Wildman–Crippen LogP) is 2.02. The fourth-order valence-electron chi connectivity index (χ4n) is 5.28. The number of hydrogen-bond donors (Lipinski definition) is 0. The van der Waals surface area contributed by atoms with Gasteiger partial charge >= 0.3 is 11.9 Å². The molecule has 5 fully saturated rings. The second-order valence-corrected chi connectivity index (χ2v) is 6.42. The van der Waals surface area contributed by atoms with Crippen LogP contribution in [-0.2, 0) is 19.1 Å². The summed E-state index contributed by atoms with van der Waals surface area (Å²) in [6.07, 6.45) is 7.02. The van der Waals surface area contributed by atoms with Crippen molar-refractivity contribution in [3.63, 3.8) is 0 Å². The van der Waals surface area contributed by atoms with Gasteiger partial charge in [-0.2, -0.15) is 0 Å². The molecule has 5 aliphatic rings. The smallest absolute Gasteiger partial charge is 0.315 e. The molecular weight excluding hydrogens is 232 g/mol. The standard InChI is InChI=1S/C14H18O4/c15-11-5-6-13-7-14(13,12(16)18-8-17-11)10-3-1-9(13)2-4-10/h9-10H,1-8H2/t9-,10-,13-,14-/m1/s1. The molecule has 4 heteroatoms. The predicted molar refractivity (Wildman–Crippen MR) is 61.2 cm³/mol. The summed E-state index contributed by atoms with van der Waals surface area (Å²) in [5.74, 6) is 0.803. The average molecular weight is 250 g/mol. The van der Waals surface area contributed by atoms with Gasteiger partial charge in [0.2, 0.25) is 6.79 Å². The lowest BCUT2D eigenvalue weighted by Gasteiger charge is -2.46. The number of rotatable bonds is 0. The van der Waals surface area contributed by atoms with Crippen molar-refractivity contribution in [3.8, 4) is 0 Å². The Hall–Kier alpha value is -1.06. The van der Waals surface area contributed by atoms with E-state index in [0.717, 1.165) is 25.7 Å². The Morgan fingerprint density at radius 3 is 2.50 bits per heavy atom. The summed E-state index contributed by atoms with van der Waals surface area (Å²) in [6.45, 7) is -0.188. The number of fused-ring (bicyclic) bond motifs is 2. The third-order valence-corrected chi connectivity index (χ3v) is 6.11. The molecule has 1 saturated heterocycles. The average Bonchev–Trinajstić information content (AvgIpc) is 3.11. The molecule has 5 rings (SSSR count). The molecule has 98 valence electrons. The summed E-state index contributed by atoms with van der Waals surface area (Å²) in [5, 5.41) is 0. The number of esters is 2. The van der Waals surface area contributed by atoms with Gasteiger partial charge in [0.15, 0.2) is 0 Å². The van der Waals surface area contributed by atoms with E-state index in [2.05, 4.69) is 0 Å². The zero-order chi connectivity index (χ0) is 12.4. The van der Waals surface area contributed by atoms with Crippen LogP contribution >= 0.6 is 0 Å². The Morgan fingerprint density at radius 1 is 1.00 bits per heavy atom. The van der Waals surface area contributed by atoms with E-state index in [-0.39, 0.29) is 29.6 Å². The molecule has 0 spiro atoms. The Balaban J connectivity index is 1.74. The molecule has 1 heterocycles. The van der Waals surface area contributed by atoms with Gasteiger partial charge < -0.3 is 9.47 Å². The van der Waals surface area contributed by atoms with Gasteiger partial charge in [0.1, 0.15) is 0 Å². The maximum atomic E-state index is 12.4. The lowest BCUT2D eigenvalue weighted by molar-refractivity contribution is -0.174. The van der Waals surface area contributed by atoms with Gasteiger partial charge in [-0.25, -0.2) is 0 Å². The first-order valence-corrected chi connectivity index (χ1v) is 7.02. The fraction of sp³-hybridized carbons (Fsp3) is 0.857. The molecule has 0 amide bonds. The molecule has 0 aromatic rings.